The molecular weight excluding hydrogens is 252 g/mol. The number of carboxylic acid groups (broad SMARTS) is 1. The normalized spacial score (nSPS) is 14.1. The molecule has 1 aromatic heterocycles. The van der Waals surface area contributed by atoms with Crippen molar-refractivity contribution in [1.29, 1.82) is 0 Å². The predicted molar refractivity (Wildman–Crippen MR) is 77.2 cm³/mol. The van der Waals surface area contributed by atoms with Crippen LogP contribution in [0.5, 0.6) is 0 Å². The number of anilines is 1. The van der Waals surface area contributed by atoms with Crippen molar-refractivity contribution >= 4 is 11.8 Å². The van der Waals surface area contributed by atoms with Gasteiger partial charge in [-0.15, -0.1) is 0 Å². The first-order chi connectivity index (χ1) is 9.65. The summed E-state index contributed by atoms with van der Waals surface area (Å²) in [5.74, 6) is -0.469. The minimum atomic E-state index is -0.936. The molecule has 3 rings (SSSR count). The van der Waals surface area contributed by atoms with Gasteiger partial charge < -0.3 is 10.4 Å². The molecule has 1 aromatic carbocycles. The van der Waals surface area contributed by atoms with Crippen molar-refractivity contribution in [3.63, 3.8) is 0 Å². The van der Waals surface area contributed by atoms with Crippen molar-refractivity contribution in [2.75, 3.05) is 5.32 Å². The SMILES string of the molecule is Cc1ccnc(NC2Cc3ccccc3C2)c1C(=O)O. The second-order valence-corrected chi connectivity index (χ2v) is 5.17. The van der Waals surface area contributed by atoms with Crippen molar-refractivity contribution in [2.45, 2.75) is 25.8 Å². The number of nitrogens with zero attached hydrogens (tertiary/aromatic N) is 1. The van der Waals surface area contributed by atoms with Gasteiger partial charge in [-0.1, -0.05) is 24.3 Å². The van der Waals surface area contributed by atoms with Crippen molar-refractivity contribution in [1.82, 2.24) is 4.98 Å². The standard InChI is InChI=1S/C16H16N2O2/c1-10-6-7-17-15(14(10)16(19)20)18-13-8-11-4-2-3-5-12(11)9-13/h2-7,13H,8-9H2,1H3,(H,17,18)(H,19,20). The van der Waals surface area contributed by atoms with E-state index in [2.05, 4.69) is 22.4 Å². The summed E-state index contributed by atoms with van der Waals surface area (Å²) >= 11 is 0. The lowest BCUT2D eigenvalue weighted by Crippen LogP contribution is -2.22. The zero-order valence-corrected chi connectivity index (χ0v) is 11.3. The van der Waals surface area contributed by atoms with Crippen LogP contribution in [0.25, 0.3) is 0 Å². The first-order valence-corrected chi connectivity index (χ1v) is 6.67. The minimum Gasteiger partial charge on any atom is -0.478 e. The summed E-state index contributed by atoms with van der Waals surface area (Å²) < 4.78 is 0. The molecule has 0 atom stereocenters. The van der Waals surface area contributed by atoms with Crippen molar-refractivity contribution in [2.24, 2.45) is 0 Å². The highest BCUT2D eigenvalue weighted by atomic mass is 16.4. The van der Waals surface area contributed by atoms with Crippen LogP contribution in [0.15, 0.2) is 36.5 Å². The Morgan fingerprint density at radius 1 is 1.25 bits per heavy atom. The Morgan fingerprint density at radius 3 is 2.50 bits per heavy atom. The average molecular weight is 268 g/mol. The summed E-state index contributed by atoms with van der Waals surface area (Å²) in [6.07, 6.45) is 3.46. The number of aromatic carboxylic acids is 1. The maximum Gasteiger partial charge on any atom is 0.339 e. The van der Waals surface area contributed by atoms with E-state index < -0.39 is 5.97 Å². The molecule has 0 fully saturated rings. The molecule has 0 aliphatic heterocycles. The summed E-state index contributed by atoms with van der Waals surface area (Å²) in [7, 11) is 0. The second kappa shape index (κ2) is 4.96. The van der Waals surface area contributed by atoms with Gasteiger partial charge in [-0.3, -0.25) is 0 Å². The largest absolute Gasteiger partial charge is 0.478 e. The van der Waals surface area contributed by atoms with Gasteiger partial charge in [-0.05, 0) is 42.5 Å². The van der Waals surface area contributed by atoms with Crippen LogP contribution < -0.4 is 5.32 Å². The third-order valence-corrected chi connectivity index (χ3v) is 3.77. The Labute approximate surface area is 117 Å². The van der Waals surface area contributed by atoms with Gasteiger partial charge in [-0.2, -0.15) is 0 Å². The van der Waals surface area contributed by atoms with E-state index in [9.17, 15) is 9.90 Å². The summed E-state index contributed by atoms with van der Waals surface area (Å²) in [6, 6.07) is 10.2. The lowest BCUT2D eigenvalue weighted by Gasteiger charge is -2.15. The number of carbonyl (C=O) groups is 1. The lowest BCUT2D eigenvalue weighted by atomic mass is 10.1. The van der Waals surface area contributed by atoms with E-state index in [4.69, 9.17) is 0 Å². The van der Waals surface area contributed by atoms with Gasteiger partial charge in [0.25, 0.3) is 0 Å². The fourth-order valence-electron chi connectivity index (χ4n) is 2.79. The van der Waals surface area contributed by atoms with Crippen LogP contribution in [-0.4, -0.2) is 22.1 Å². The van der Waals surface area contributed by atoms with Gasteiger partial charge in [0.15, 0.2) is 0 Å². The molecule has 0 bridgehead atoms. The van der Waals surface area contributed by atoms with E-state index in [0.717, 1.165) is 18.4 Å². The lowest BCUT2D eigenvalue weighted by molar-refractivity contribution is 0.0697. The summed E-state index contributed by atoms with van der Waals surface area (Å²) in [6.45, 7) is 1.79. The minimum absolute atomic E-state index is 0.208. The molecule has 0 saturated carbocycles. The molecule has 2 aromatic rings. The number of rotatable bonds is 3. The van der Waals surface area contributed by atoms with Crippen LogP contribution in [0.2, 0.25) is 0 Å². The van der Waals surface area contributed by atoms with Crippen molar-refractivity contribution < 1.29 is 9.90 Å². The molecule has 2 N–H and O–H groups in total. The number of aromatic nitrogens is 1. The molecule has 0 unspecified atom stereocenters. The number of hydrogen-bond donors (Lipinski definition) is 2. The van der Waals surface area contributed by atoms with Crippen LogP contribution in [0.4, 0.5) is 5.82 Å². The Kier molecular flexibility index (Phi) is 3.14. The van der Waals surface area contributed by atoms with Crippen LogP contribution in [0.3, 0.4) is 0 Å². The first kappa shape index (κ1) is 12.7. The van der Waals surface area contributed by atoms with E-state index in [1.807, 2.05) is 12.1 Å². The van der Waals surface area contributed by atoms with Crippen molar-refractivity contribution in [3.05, 3.63) is 58.8 Å². The van der Waals surface area contributed by atoms with E-state index in [1.165, 1.54) is 11.1 Å². The fraction of sp³-hybridized carbons (Fsp3) is 0.250. The van der Waals surface area contributed by atoms with E-state index in [-0.39, 0.29) is 11.6 Å². The number of aryl methyl sites for hydroxylation is 1. The molecule has 0 saturated heterocycles. The third kappa shape index (κ3) is 2.25. The molecule has 1 heterocycles. The maximum absolute atomic E-state index is 11.4. The molecule has 20 heavy (non-hydrogen) atoms. The van der Waals surface area contributed by atoms with Gasteiger partial charge in [0.05, 0.1) is 0 Å². The third-order valence-electron chi connectivity index (χ3n) is 3.77. The van der Waals surface area contributed by atoms with Gasteiger partial charge in [0.2, 0.25) is 0 Å². The Hall–Kier alpha value is -2.36. The summed E-state index contributed by atoms with van der Waals surface area (Å²) in [5.41, 5.74) is 3.65. The second-order valence-electron chi connectivity index (χ2n) is 5.17. The molecule has 102 valence electrons. The van der Waals surface area contributed by atoms with Crippen LogP contribution in [0, 0.1) is 6.92 Å². The van der Waals surface area contributed by atoms with Gasteiger partial charge in [0.1, 0.15) is 11.4 Å². The van der Waals surface area contributed by atoms with E-state index in [1.54, 1.807) is 19.2 Å². The fourth-order valence-corrected chi connectivity index (χ4v) is 2.79. The molecular formula is C16H16N2O2. The predicted octanol–water partition coefficient (Wildman–Crippen LogP) is 2.67. The topological polar surface area (TPSA) is 62.2 Å². The smallest absolute Gasteiger partial charge is 0.339 e. The average Bonchev–Trinajstić information content (AvgIpc) is 2.80. The monoisotopic (exact) mass is 268 g/mol. The highest BCUT2D eigenvalue weighted by Gasteiger charge is 2.23. The Morgan fingerprint density at radius 2 is 1.90 bits per heavy atom. The number of hydrogen-bond acceptors (Lipinski definition) is 3. The number of pyridine rings is 1. The highest BCUT2D eigenvalue weighted by Crippen LogP contribution is 2.25. The summed E-state index contributed by atoms with van der Waals surface area (Å²) in [4.78, 5) is 15.5. The zero-order valence-electron chi connectivity index (χ0n) is 11.3. The first-order valence-electron chi connectivity index (χ1n) is 6.67. The van der Waals surface area contributed by atoms with Crippen LogP contribution in [-0.2, 0) is 12.8 Å². The number of carboxylic acids is 1. The molecule has 1 aliphatic carbocycles. The zero-order chi connectivity index (χ0) is 14.1. The summed E-state index contributed by atoms with van der Waals surface area (Å²) in [5, 5.41) is 12.6. The van der Waals surface area contributed by atoms with Gasteiger partial charge >= 0.3 is 5.97 Å². The number of nitrogens with one attached hydrogen (secondary N) is 1. The Bertz CT molecular complexity index is 642. The highest BCUT2D eigenvalue weighted by molar-refractivity contribution is 5.94. The molecule has 1 aliphatic rings. The number of fused-ring (bicyclic) bond motifs is 1. The molecule has 4 nitrogen and oxygen atoms in total. The molecule has 0 spiro atoms. The van der Waals surface area contributed by atoms with Crippen LogP contribution in [0.1, 0.15) is 27.0 Å². The molecule has 0 amide bonds. The van der Waals surface area contributed by atoms with E-state index in [0.29, 0.717) is 5.82 Å². The number of benzene rings is 1. The maximum atomic E-state index is 11.4. The van der Waals surface area contributed by atoms with Gasteiger partial charge in [0, 0.05) is 12.2 Å². The van der Waals surface area contributed by atoms with E-state index >= 15 is 0 Å². The Balaban J connectivity index is 1.84. The quantitative estimate of drug-likeness (QED) is 0.898. The molecule has 4 heteroatoms. The van der Waals surface area contributed by atoms with Crippen LogP contribution >= 0.6 is 0 Å². The van der Waals surface area contributed by atoms with Gasteiger partial charge in [-0.25, -0.2) is 9.78 Å². The molecule has 0 radical (unpaired) electrons. The van der Waals surface area contributed by atoms with Crippen molar-refractivity contribution in [3.8, 4) is 0 Å².